The number of rotatable bonds is 1. The van der Waals surface area contributed by atoms with Crippen LogP contribution in [0.2, 0.25) is 0 Å². The molecule has 1 saturated heterocycles. The molecular weight excluding hydrogens is 209 g/mol. The number of nitrogens with zero attached hydrogens (tertiary/aromatic N) is 2. The molecule has 1 atom stereocenters. The van der Waals surface area contributed by atoms with Gasteiger partial charge in [-0.3, -0.25) is 0 Å². The quantitative estimate of drug-likeness (QED) is 0.727. The molecule has 0 saturated carbocycles. The summed E-state index contributed by atoms with van der Waals surface area (Å²) < 4.78 is 43.4. The van der Waals surface area contributed by atoms with E-state index >= 15 is 0 Å². The molecule has 0 N–H and O–H groups in total. The number of hydrogen-bond donors (Lipinski definition) is 0. The van der Waals surface area contributed by atoms with Crippen molar-refractivity contribution >= 4 is 0 Å². The summed E-state index contributed by atoms with van der Waals surface area (Å²) in [7, 11) is 0. The van der Waals surface area contributed by atoms with Gasteiger partial charge in [0.1, 0.15) is 6.23 Å². The smallest absolute Gasteiger partial charge is 0.357 e. The molecule has 6 heteroatoms. The van der Waals surface area contributed by atoms with Gasteiger partial charge in [0.05, 0.1) is 11.8 Å². The normalized spacial score (nSPS) is 23.0. The molecule has 0 aromatic carbocycles. The zero-order valence-corrected chi connectivity index (χ0v) is 8.00. The number of halogens is 3. The van der Waals surface area contributed by atoms with Crippen molar-refractivity contribution in [3.05, 3.63) is 18.0 Å². The van der Waals surface area contributed by atoms with Crippen LogP contribution in [0.1, 0.15) is 31.1 Å². The molecule has 1 unspecified atom stereocenters. The van der Waals surface area contributed by atoms with Crippen molar-refractivity contribution in [3.8, 4) is 0 Å². The fourth-order valence-electron chi connectivity index (χ4n) is 1.57. The minimum atomic E-state index is -4.33. The lowest BCUT2D eigenvalue weighted by molar-refractivity contribution is -0.137. The summed E-state index contributed by atoms with van der Waals surface area (Å²) in [5.74, 6) is 0. The van der Waals surface area contributed by atoms with Gasteiger partial charge in [-0.2, -0.15) is 18.3 Å². The number of hydrogen-bond acceptors (Lipinski definition) is 2. The van der Waals surface area contributed by atoms with Crippen LogP contribution >= 0.6 is 0 Å². The lowest BCUT2D eigenvalue weighted by Crippen LogP contribution is -2.18. The minimum absolute atomic E-state index is 0.338. The Morgan fingerprint density at radius 3 is 2.73 bits per heavy atom. The number of ether oxygens (including phenoxy) is 1. The summed E-state index contributed by atoms with van der Waals surface area (Å²) in [6.07, 6.45) is -0.190. The van der Waals surface area contributed by atoms with Crippen LogP contribution in [0.15, 0.2) is 12.4 Å². The molecule has 1 aliphatic heterocycles. The highest BCUT2D eigenvalue weighted by molar-refractivity contribution is 5.08. The van der Waals surface area contributed by atoms with Crippen LogP contribution in [0.25, 0.3) is 0 Å². The van der Waals surface area contributed by atoms with E-state index in [0.717, 1.165) is 31.7 Å². The van der Waals surface area contributed by atoms with E-state index in [1.54, 1.807) is 0 Å². The molecule has 2 rings (SSSR count). The number of aromatic nitrogens is 2. The molecule has 0 radical (unpaired) electrons. The van der Waals surface area contributed by atoms with Crippen LogP contribution in [0, 0.1) is 0 Å². The second-order valence-corrected chi connectivity index (χ2v) is 3.53. The molecule has 0 aliphatic carbocycles. The first-order valence-corrected chi connectivity index (χ1v) is 4.80. The van der Waals surface area contributed by atoms with Crippen molar-refractivity contribution in [1.29, 1.82) is 0 Å². The van der Waals surface area contributed by atoms with Gasteiger partial charge in [-0.15, -0.1) is 0 Å². The largest absolute Gasteiger partial charge is 0.419 e. The molecule has 1 fully saturated rings. The van der Waals surface area contributed by atoms with E-state index in [4.69, 9.17) is 4.74 Å². The molecule has 2 heterocycles. The molecule has 84 valence electrons. The van der Waals surface area contributed by atoms with Gasteiger partial charge in [-0.1, -0.05) is 0 Å². The van der Waals surface area contributed by atoms with E-state index in [0.29, 0.717) is 6.61 Å². The van der Waals surface area contributed by atoms with Crippen LogP contribution in [0.5, 0.6) is 0 Å². The molecule has 15 heavy (non-hydrogen) atoms. The standard InChI is InChI=1S/C9H11F3N2O/c10-9(11,12)7-5-13-14(6-7)8-3-1-2-4-15-8/h5-6,8H,1-4H2. The highest BCUT2D eigenvalue weighted by Crippen LogP contribution is 2.30. The second-order valence-electron chi connectivity index (χ2n) is 3.53. The van der Waals surface area contributed by atoms with Gasteiger partial charge < -0.3 is 4.74 Å². The third-order valence-corrected chi connectivity index (χ3v) is 2.38. The Labute approximate surface area is 84.8 Å². The predicted octanol–water partition coefficient (Wildman–Crippen LogP) is 2.60. The van der Waals surface area contributed by atoms with Gasteiger partial charge in [0.15, 0.2) is 0 Å². The highest BCUT2D eigenvalue weighted by Gasteiger charge is 2.33. The summed E-state index contributed by atoms with van der Waals surface area (Å²) in [6, 6.07) is 0. The third kappa shape index (κ3) is 2.31. The van der Waals surface area contributed by atoms with Crippen molar-refractivity contribution < 1.29 is 17.9 Å². The van der Waals surface area contributed by atoms with Crippen molar-refractivity contribution in [1.82, 2.24) is 9.78 Å². The Morgan fingerprint density at radius 2 is 2.20 bits per heavy atom. The molecule has 1 aromatic heterocycles. The van der Waals surface area contributed by atoms with Gasteiger partial charge in [0.2, 0.25) is 0 Å². The lowest BCUT2D eigenvalue weighted by Gasteiger charge is -2.22. The van der Waals surface area contributed by atoms with E-state index in [9.17, 15) is 13.2 Å². The van der Waals surface area contributed by atoms with Crippen LogP contribution in [0.3, 0.4) is 0 Å². The summed E-state index contributed by atoms with van der Waals surface area (Å²) in [4.78, 5) is 0. The van der Waals surface area contributed by atoms with Crippen molar-refractivity contribution in [3.63, 3.8) is 0 Å². The van der Waals surface area contributed by atoms with Gasteiger partial charge in [-0.05, 0) is 19.3 Å². The van der Waals surface area contributed by atoms with Gasteiger partial charge in [-0.25, -0.2) is 4.68 Å². The maximum Gasteiger partial charge on any atom is 0.419 e. The van der Waals surface area contributed by atoms with E-state index < -0.39 is 11.7 Å². The van der Waals surface area contributed by atoms with Crippen molar-refractivity contribution in [2.24, 2.45) is 0 Å². The predicted molar refractivity (Wildman–Crippen MR) is 46.1 cm³/mol. The van der Waals surface area contributed by atoms with E-state index in [2.05, 4.69) is 5.10 Å². The summed E-state index contributed by atoms with van der Waals surface area (Å²) >= 11 is 0. The average Bonchev–Trinajstić information content (AvgIpc) is 2.67. The Morgan fingerprint density at radius 1 is 1.40 bits per heavy atom. The molecule has 3 nitrogen and oxygen atoms in total. The number of alkyl halides is 3. The maximum absolute atomic E-state index is 12.3. The fraction of sp³-hybridized carbons (Fsp3) is 0.667. The third-order valence-electron chi connectivity index (χ3n) is 2.38. The monoisotopic (exact) mass is 220 g/mol. The van der Waals surface area contributed by atoms with Crippen LogP contribution < -0.4 is 0 Å². The first kappa shape index (κ1) is 10.5. The molecule has 0 spiro atoms. The van der Waals surface area contributed by atoms with Crippen molar-refractivity contribution in [2.75, 3.05) is 6.61 Å². The SMILES string of the molecule is FC(F)(F)c1cnn(C2CCCCO2)c1. The fourth-order valence-corrected chi connectivity index (χ4v) is 1.57. The summed E-state index contributed by atoms with van der Waals surface area (Å²) in [5, 5.41) is 3.68. The van der Waals surface area contributed by atoms with E-state index in [1.165, 1.54) is 4.68 Å². The lowest BCUT2D eigenvalue weighted by atomic mass is 10.2. The topological polar surface area (TPSA) is 27.1 Å². The first-order chi connectivity index (χ1) is 7.07. The summed E-state index contributed by atoms with van der Waals surface area (Å²) in [6.45, 7) is 0.589. The molecule has 1 aliphatic rings. The molecule has 0 amide bonds. The van der Waals surface area contributed by atoms with Crippen LogP contribution in [-0.2, 0) is 10.9 Å². The van der Waals surface area contributed by atoms with Gasteiger partial charge >= 0.3 is 6.18 Å². The first-order valence-electron chi connectivity index (χ1n) is 4.80. The van der Waals surface area contributed by atoms with Crippen LogP contribution in [0.4, 0.5) is 13.2 Å². The Kier molecular flexibility index (Phi) is 2.68. The highest BCUT2D eigenvalue weighted by atomic mass is 19.4. The zero-order chi connectivity index (χ0) is 10.9. The molecule has 1 aromatic rings. The van der Waals surface area contributed by atoms with Gasteiger partial charge in [0.25, 0.3) is 0 Å². The minimum Gasteiger partial charge on any atom is -0.357 e. The van der Waals surface area contributed by atoms with Gasteiger partial charge in [0, 0.05) is 12.8 Å². The second kappa shape index (κ2) is 3.84. The van der Waals surface area contributed by atoms with Crippen LogP contribution in [-0.4, -0.2) is 16.4 Å². The zero-order valence-electron chi connectivity index (χ0n) is 8.00. The Balaban J connectivity index is 2.12. The summed E-state index contributed by atoms with van der Waals surface area (Å²) in [5.41, 5.74) is -0.725. The molecular formula is C9H11F3N2O. The Bertz CT molecular complexity index is 328. The Hall–Kier alpha value is -1.04. The van der Waals surface area contributed by atoms with Crippen molar-refractivity contribution in [2.45, 2.75) is 31.7 Å². The van der Waals surface area contributed by atoms with E-state index in [1.807, 2.05) is 0 Å². The maximum atomic E-state index is 12.3. The molecule has 0 bridgehead atoms. The van der Waals surface area contributed by atoms with E-state index in [-0.39, 0.29) is 6.23 Å². The average molecular weight is 220 g/mol.